The standard InChI is InChI=1S/C30H33FN4O4/c31-20-8-9-24-23(17-20)30(29(39)32-24)12-15-34(16-13-30)14-3-1-2-5-19-6-4-7-21-22(19)18-35(28(21)38)25-10-11-26(36)33-27(25)37/h4,6-9,17,25H,1-3,5,10-16,18H2,(H,32,39)(H,33,36,37). The highest BCUT2D eigenvalue weighted by molar-refractivity contribution is 6.06. The first kappa shape index (κ1) is 25.7. The Labute approximate surface area is 226 Å². The van der Waals surface area contributed by atoms with Gasteiger partial charge in [0.15, 0.2) is 0 Å². The predicted octanol–water partition coefficient (Wildman–Crippen LogP) is 3.29. The van der Waals surface area contributed by atoms with Crippen LogP contribution in [0.25, 0.3) is 0 Å². The Morgan fingerprint density at radius 2 is 1.79 bits per heavy atom. The van der Waals surface area contributed by atoms with E-state index in [1.165, 1.54) is 12.1 Å². The van der Waals surface area contributed by atoms with Gasteiger partial charge in [-0.15, -0.1) is 0 Å². The molecule has 4 aliphatic heterocycles. The van der Waals surface area contributed by atoms with Gasteiger partial charge in [-0.3, -0.25) is 24.5 Å². The molecule has 0 radical (unpaired) electrons. The largest absolute Gasteiger partial charge is 0.325 e. The van der Waals surface area contributed by atoms with Gasteiger partial charge in [0.1, 0.15) is 11.9 Å². The summed E-state index contributed by atoms with van der Waals surface area (Å²) in [7, 11) is 0. The van der Waals surface area contributed by atoms with E-state index in [9.17, 15) is 23.6 Å². The van der Waals surface area contributed by atoms with E-state index in [0.29, 0.717) is 31.4 Å². The zero-order chi connectivity index (χ0) is 27.1. The molecule has 4 heterocycles. The van der Waals surface area contributed by atoms with Crippen molar-refractivity contribution in [3.8, 4) is 0 Å². The van der Waals surface area contributed by atoms with Crippen molar-refractivity contribution in [1.29, 1.82) is 0 Å². The van der Waals surface area contributed by atoms with Crippen molar-refractivity contribution in [3.63, 3.8) is 0 Å². The first-order valence-electron chi connectivity index (χ1n) is 13.9. The number of hydrogen-bond acceptors (Lipinski definition) is 5. The molecule has 0 saturated carbocycles. The van der Waals surface area contributed by atoms with Crippen LogP contribution in [-0.2, 0) is 32.8 Å². The molecule has 1 atom stereocenters. The van der Waals surface area contributed by atoms with Crippen molar-refractivity contribution in [2.45, 2.75) is 69.4 Å². The van der Waals surface area contributed by atoms with E-state index in [-0.39, 0.29) is 35.9 Å². The van der Waals surface area contributed by atoms with Crippen LogP contribution in [-0.4, -0.2) is 59.1 Å². The molecule has 2 fully saturated rings. The highest BCUT2D eigenvalue weighted by atomic mass is 19.1. The number of halogens is 1. The average molecular weight is 533 g/mol. The summed E-state index contributed by atoms with van der Waals surface area (Å²) in [5.74, 6) is -1.11. The fourth-order valence-electron chi connectivity index (χ4n) is 6.75. The molecule has 39 heavy (non-hydrogen) atoms. The second-order valence-corrected chi connectivity index (χ2v) is 11.2. The van der Waals surface area contributed by atoms with E-state index in [1.54, 1.807) is 11.0 Å². The van der Waals surface area contributed by atoms with Crippen LogP contribution >= 0.6 is 0 Å². The summed E-state index contributed by atoms with van der Waals surface area (Å²) >= 11 is 0. The minimum Gasteiger partial charge on any atom is -0.325 e. The van der Waals surface area contributed by atoms with Crippen LogP contribution in [0.4, 0.5) is 10.1 Å². The number of nitrogens with one attached hydrogen (secondary N) is 2. The third kappa shape index (κ3) is 4.62. The second-order valence-electron chi connectivity index (χ2n) is 11.2. The lowest BCUT2D eigenvalue weighted by Gasteiger charge is -2.38. The SMILES string of the molecule is O=C1CCC(N2Cc3c(CCCCCN4CCC5(CC4)C(=O)Nc4ccc(F)cc45)cccc3C2=O)C(=O)N1. The second kappa shape index (κ2) is 10.2. The Morgan fingerprint density at radius 3 is 2.59 bits per heavy atom. The summed E-state index contributed by atoms with van der Waals surface area (Å²) in [4.78, 5) is 53.7. The van der Waals surface area contributed by atoms with Crippen LogP contribution in [0.2, 0.25) is 0 Å². The molecule has 204 valence electrons. The Bertz CT molecular complexity index is 1350. The number of likely N-dealkylation sites (tertiary alicyclic amines) is 1. The maximum Gasteiger partial charge on any atom is 0.255 e. The first-order chi connectivity index (χ1) is 18.9. The van der Waals surface area contributed by atoms with Gasteiger partial charge in [-0.25, -0.2) is 4.39 Å². The van der Waals surface area contributed by atoms with Crippen LogP contribution in [0.1, 0.15) is 72.0 Å². The lowest BCUT2D eigenvalue weighted by molar-refractivity contribution is -0.137. The Kier molecular flexibility index (Phi) is 6.71. The fourth-order valence-corrected chi connectivity index (χ4v) is 6.75. The van der Waals surface area contributed by atoms with Crippen LogP contribution in [0.3, 0.4) is 0 Å². The lowest BCUT2D eigenvalue weighted by Crippen LogP contribution is -2.52. The number of piperidine rings is 2. The molecule has 8 nitrogen and oxygen atoms in total. The quantitative estimate of drug-likeness (QED) is 0.421. The zero-order valence-corrected chi connectivity index (χ0v) is 21.9. The highest BCUT2D eigenvalue weighted by Crippen LogP contribution is 2.45. The van der Waals surface area contributed by atoms with Crippen LogP contribution in [0.5, 0.6) is 0 Å². The minimum atomic E-state index is -0.610. The van der Waals surface area contributed by atoms with Crippen molar-refractivity contribution < 1.29 is 23.6 Å². The molecule has 1 spiro atoms. The Hall–Kier alpha value is -3.59. The van der Waals surface area contributed by atoms with E-state index >= 15 is 0 Å². The Morgan fingerprint density at radius 1 is 0.974 bits per heavy atom. The zero-order valence-electron chi connectivity index (χ0n) is 21.9. The van der Waals surface area contributed by atoms with Crippen molar-refractivity contribution in [2.24, 2.45) is 0 Å². The molecule has 6 rings (SSSR count). The number of anilines is 1. The van der Waals surface area contributed by atoms with Gasteiger partial charge in [-0.2, -0.15) is 0 Å². The Balaban J connectivity index is 0.986. The van der Waals surface area contributed by atoms with E-state index in [4.69, 9.17) is 0 Å². The number of rotatable bonds is 7. The number of aryl methyl sites for hydroxylation is 1. The molecule has 9 heteroatoms. The van der Waals surface area contributed by atoms with E-state index in [0.717, 1.165) is 67.7 Å². The first-order valence-corrected chi connectivity index (χ1v) is 13.9. The number of unbranched alkanes of at least 4 members (excludes halogenated alkanes) is 2. The summed E-state index contributed by atoms with van der Waals surface area (Å²) in [5, 5.41) is 5.30. The monoisotopic (exact) mass is 532 g/mol. The third-order valence-electron chi connectivity index (χ3n) is 8.99. The number of imide groups is 1. The van der Waals surface area contributed by atoms with Gasteiger partial charge in [-0.1, -0.05) is 18.6 Å². The predicted molar refractivity (Wildman–Crippen MR) is 142 cm³/mol. The van der Waals surface area contributed by atoms with Crippen molar-refractivity contribution in [1.82, 2.24) is 15.1 Å². The normalized spacial score (nSPS) is 22.2. The molecule has 1 unspecified atom stereocenters. The molecule has 2 aromatic rings. The molecule has 0 bridgehead atoms. The van der Waals surface area contributed by atoms with Crippen LogP contribution in [0.15, 0.2) is 36.4 Å². The molecule has 0 aliphatic carbocycles. The van der Waals surface area contributed by atoms with E-state index < -0.39 is 11.5 Å². The smallest absolute Gasteiger partial charge is 0.255 e. The summed E-state index contributed by atoms with van der Waals surface area (Å²) in [6.45, 7) is 3.00. The van der Waals surface area contributed by atoms with Crippen molar-refractivity contribution in [3.05, 3.63) is 64.5 Å². The van der Waals surface area contributed by atoms with Gasteiger partial charge >= 0.3 is 0 Å². The lowest BCUT2D eigenvalue weighted by atomic mass is 9.73. The molecular formula is C30H33FN4O4. The highest BCUT2D eigenvalue weighted by Gasteiger charge is 2.48. The number of carbonyl (C=O) groups excluding carboxylic acids is 4. The summed E-state index contributed by atoms with van der Waals surface area (Å²) in [5.41, 5.74) is 3.74. The number of nitrogens with zero attached hydrogens (tertiary/aromatic N) is 2. The number of carbonyl (C=O) groups is 4. The molecule has 2 N–H and O–H groups in total. The topological polar surface area (TPSA) is 98.8 Å². The molecular weight excluding hydrogens is 499 g/mol. The third-order valence-corrected chi connectivity index (χ3v) is 8.99. The maximum atomic E-state index is 13.9. The molecule has 0 aromatic heterocycles. The fraction of sp³-hybridized carbons (Fsp3) is 0.467. The van der Waals surface area contributed by atoms with Gasteiger partial charge in [0.05, 0.1) is 5.41 Å². The summed E-state index contributed by atoms with van der Waals surface area (Å²) in [6, 6.07) is 9.78. The van der Waals surface area contributed by atoms with Gasteiger partial charge < -0.3 is 15.1 Å². The maximum absolute atomic E-state index is 13.9. The number of benzene rings is 2. The number of hydrogen-bond donors (Lipinski definition) is 2. The van der Waals surface area contributed by atoms with Crippen molar-refractivity contribution in [2.75, 3.05) is 25.0 Å². The number of fused-ring (bicyclic) bond motifs is 3. The molecule has 4 aliphatic rings. The van der Waals surface area contributed by atoms with Crippen molar-refractivity contribution >= 4 is 29.3 Å². The minimum absolute atomic E-state index is 0.00667. The molecule has 4 amide bonds. The van der Waals surface area contributed by atoms with Crippen LogP contribution in [0, 0.1) is 5.82 Å². The van der Waals surface area contributed by atoms with Crippen LogP contribution < -0.4 is 10.6 Å². The molecule has 2 saturated heterocycles. The van der Waals surface area contributed by atoms with Gasteiger partial charge in [-0.05, 0) is 99.1 Å². The van der Waals surface area contributed by atoms with Gasteiger partial charge in [0.25, 0.3) is 5.91 Å². The average Bonchev–Trinajstić information content (AvgIpc) is 3.39. The van der Waals surface area contributed by atoms with E-state index in [2.05, 4.69) is 21.6 Å². The summed E-state index contributed by atoms with van der Waals surface area (Å²) < 4.78 is 13.9. The summed E-state index contributed by atoms with van der Waals surface area (Å²) in [6.07, 6.45) is 5.96. The number of amides is 4. The van der Waals surface area contributed by atoms with E-state index in [1.807, 2.05) is 12.1 Å². The van der Waals surface area contributed by atoms with Gasteiger partial charge in [0.2, 0.25) is 17.7 Å². The van der Waals surface area contributed by atoms with Gasteiger partial charge in [0, 0.05) is 24.2 Å². The molecule has 2 aromatic carbocycles.